The van der Waals surface area contributed by atoms with Gasteiger partial charge in [-0.2, -0.15) is 0 Å². The second-order valence-corrected chi connectivity index (χ2v) is 4.69. The van der Waals surface area contributed by atoms with E-state index in [1.807, 2.05) is 17.7 Å². The first-order valence-electron chi connectivity index (χ1n) is 6.50. The minimum Gasteiger partial charge on any atom is -0.348 e. The lowest BCUT2D eigenvalue weighted by molar-refractivity contribution is -0.120. The fourth-order valence-corrected chi connectivity index (χ4v) is 2.50. The lowest BCUT2D eigenvalue weighted by Gasteiger charge is -2.27. The largest absolute Gasteiger partial charge is 0.348 e. The molecule has 1 saturated heterocycles. The molecule has 1 N–H and O–H groups in total. The summed E-state index contributed by atoms with van der Waals surface area (Å²) < 4.78 is 16.5. The van der Waals surface area contributed by atoms with Crippen molar-refractivity contribution < 1.29 is 15.4 Å². The first-order valence-corrected chi connectivity index (χ1v) is 6.50. The SMILES string of the molecule is CCn1ccc2c(F)c(N3CCC(=O)NC3=O)ccc21.[HH]. The van der Waals surface area contributed by atoms with E-state index < -0.39 is 11.8 Å². The number of carbonyl (C=O) groups is 2. The number of aromatic nitrogens is 1. The van der Waals surface area contributed by atoms with E-state index in [9.17, 15) is 14.0 Å². The van der Waals surface area contributed by atoms with Crippen LogP contribution in [0, 0.1) is 5.82 Å². The summed E-state index contributed by atoms with van der Waals surface area (Å²) in [4.78, 5) is 24.2. The number of nitrogens with one attached hydrogen (secondary N) is 1. The molecule has 20 heavy (non-hydrogen) atoms. The highest BCUT2D eigenvalue weighted by Gasteiger charge is 2.27. The van der Waals surface area contributed by atoms with Gasteiger partial charge in [0.1, 0.15) is 0 Å². The van der Waals surface area contributed by atoms with E-state index in [0.29, 0.717) is 5.39 Å². The zero-order valence-corrected chi connectivity index (χ0v) is 11.0. The summed E-state index contributed by atoms with van der Waals surface area (Å²) >= 11 is 0. The number of rotatable bonds is 2. The molecule has 6 heteroatoms. The highest BCUT2D eigenvalue weighted by atomic mass is 19.1. The van der Waals surface area contributed by atoms with Gasteiger partial charge >= 0.3 is 6.03 Å². The van der Waals surface area contributed by atoms with Gasteiger partial charge in [0.2, 0.25) is 5.91 Å². The molecule has 3 amide bonds. The molecule has 3 rings (SSSR count). The average Bonchev–Trinajstić information content (AvgIpc) is 2.84. The Bertz CT molecular complexity index is 714. The Hall–Kier alpha value is -2.37. The van der Waals surface area contributed by atoms with E-state index in [2.05, 4.69) is 5.32 Å². The molecule has 106 valence electrons. The summed E-state index contributed by atoms with van der Waals surface area (Å²) in [6, 6.07) is 4.50. The lowest BCUT2D eigenvalue weighted by atomic mass is 10.2. The Balaban J connectivity index is 0.00000161. The molecule has 5 nitrogen and oxygen atoms in total. The molecule has 1 aliphatic heterocycles. The number of nitrogens with zero attached hydrogens (tertiary/aromatic N) is 2. The van der Waals surface area contributed by atoms with E-state index in [1.54, 1.807) is 18.2 Å². The number of aryl methyl sites for hydroxylation is 1. The molecule has 0 spiro atoms. The lowest BCUT2D eigenvalue weighted by Crippen LogP contribution is -2.49. The minimum absolute atomic E-state index is 0. The third-order valence-corrected chi connectivity index (χ3v) is 3.55. The van der Waals surface area contributed by atoms with Crippen molar-refractivity contribution in [2.75, 3.05) is 11.4 Å². The fourth-order valence-electron chi connectivity index (χ4n) is 2.50. The predicted octanol–water partition coefficient (Wildman–Crippen LogP) is 2.49. The number of anilines is 1. The third kappa shape index (κ3) is 1.84. The van der Waals surface area contributed by atoms with Crippen molar-refractivity contribution in [1.82, 2.24) is 9.88 Å². The molecule has 0 aliphatic carbocycles. The molecule has 1 aromatic carbocycles. The molecule has 1 aromatic heterocycles. The van der Waals surface area contributed by atoms with Crippen LogP contribution in [0.25, 0.3) is 10.9 Å². The van der Waals surface area contributed by atoms with Crippen molar-refractivity contribution in [2.24, 2.45) is 0 Å². The van der Waals surface area contributed by atoms with E-state index in [0.717, 1.165) is 12.1 Å². The number of halogens is 1. The van der Waals surface area contributed by atoms with Gasteiger partial charge in [0.05, 0.1) is 11.2 Å². The van der Waals surface area contributed by atoms with Crippen molar-refractivity contribution in [2.45, 2.75) is 19.9 Å². The van der Waals surface area contributed by atoms with E-state index in [1.165, 1.54) is 4.90 Å². The Morgan fingerprint density at radius 3 is 2.85 bits per heavy atom. The zero-order valence-electron chi connectivity index (χ0n) is 11.0. The summed E-state index contributed by atoms with van der Waals surface area (Å²) in [6.07, 6.45) is 2.00. The number of benzene rings is 1. The van der Waals surface area contributed by atoms with Crippen LogP contribution in [0.3, 0.4) is 0 Å². The highest BCUT2D eigenvalue weighted by molar-refractivity contribution is 6.06. The predicted molar refractivity (Wildman–Crippen MR) is 75.2 cm³/mol. The Morgan fingerprint density at radius 1 is 1.35 bits per heavy atom. The van der Waals surface area contributed by atoms with Crippen LogP contribution in [0.5, 0.6) is 0 Å². The van der Waals surface area contributed by atoms with Crippen LogP contribution in [0.15, 0.2) is 24.4 Å². The molecule has 0 unspecified atom stereocenters. The molecule has 0 bridgehead atoms. The van der Waals surface area contributed by atoms with Crippen LogP contribution in [0.1, 0.15) is 14.8 Å². The number of carbonyl (C=O) groups excluding carboxylic acids is 2. The van der Waals surface area contributed by atoms with Gasteiger partial charge in [-0.25, -0.2) is 9.18 Å². The zero-order chi connectivity index (χ0) is 14.3. The van der Waals surface area contributed by atoms with Crippen LogP contribution in [-0.2, 0) is 11.3 Å². The maximum atomic E-state index is 14.6. The Labute approximate surface area is 116 Å². The molecule has 0 saturated carbocycles. The minimum atomic E-state index is -0.575. The Morgan fingerprint density at radius 2 is 2.15 bits per heavy atom. The van der Waals surface area contributed by atoms with E-state index >= 15 is 0 Å². The Kier molecular flexibility index (Phi) is 2.93. The summed E-state index contributed by atoms with van der Waals surface area (Å²) in [6.45, 7) is 2.93. The summed E-state index contributed by atoms with van der Waals surface area (Å²) in [5.41, 5.74) is 0.999. The summed E-state index contributed by atoms with van der Waals surface area (Å²) in [7, 11) is 0. The number of fused-ring (bicyclic) bond motifs is 1. The first kappa shape index (κ1) is 12.7. The molecular formula is C14H16FN3O2. The normalized spacial score (nSPS) is 15.8. The highest BCUT2D eigenvalue weighted by Crippen LogP contribution is 2.29. The van der Waals surface area contributed by atoms with Gasteiger partial charge < -0.3 is 4.57 Å². The molecule has 0 atom stereocenters. The van der Waals surface area contributed by atoms with Crippen molar-refractivity contribution in [3.05, 3.63) is 30.2 Å². The van der Waals surface area contributed by atoms with Gasteiger partial charge in [-0.3, -0.25) is 15.0 Å². The molecule has 2 heterocycles. The van der Waals surface area contributed by atoms with Crippen LogP contribution < -0.4 is 10.2 Å². The maximum absolute atomic E-state index is 14.6. The summed E-state index contributed by atoms with van der Waals surface area (Å²) in [5.74, 6) is -0.760. The number of hydrogen-bond acceptors (Lipinski definition) is 2. The molecule has 2 aromatic rings. The van der Waals surface area contributed by atoms with Gasteiger partial charge in [0.15, 0.2) is 5.82 Å². The van der Waals surface area contributed by atoms with E-state index in [4.69, 9.17) is 0 Å². The van der Waals surface area contributed by atoms with Gasteiger partial charge in [-0.05, 0) is 25.1 Å². The molecule has 1 aliphatic rings. The molecular weight excluding hydrogens is 261 g/mol. The van der Waals surface area contributed by atoms with Crippen molar-refractivity contribution in [3.8, 4) is 0 Å². The quantitative estimate of drug-likeness (QED) is 0.917. The van der Waals surface area contributed by atoms with Crippen LogP contribution in [0.2, 0.25) is 0 Å². The molecule has 1 fully saturated rings. The first-order chi connectivity index (χ1) is 9.61. The summed E-state index contributed by atoms with van der Waals surface area (Å²) in [5, 5.41) is 2.68. The smallest absolute Gasteiger partial charge is 0.328 e. The van der Waals surface area contributed by atoms with Gasteiger partial charge in [0, 0.05) is 32.5 Å². The topological polar surface area (TPSA) is 54.3 Å². The molecule has 0 radical (unpaired) electrons. The maximum Gasteiger partial charge on any atom is 0.328 e. The standard InChI is InChI=1S/C14H14FN3O2.H2/c1-2-17-7-5-9-10(17)3-4-11(13(9)15)18-8-6-12(19)16-14(18)20;/h3-5,7H,2,6,8H2,1H3,(H,16,19,20);1H. The van der Waals surface area contributed by atoms with Crippen LogP contribution in [-0.4, -0.2) is 23.1 Å². The van der Waals surface area contributed by atoms with Gasteiger partial charge in [-0.15, -0.1) is 0 Å². The van der Waals surface area contributed by atoms with Crippen molar-refractivity contribution in [3.63, 3.8) is 0 Å². The van der Waals surface area contributed by atoms with Crippen molar-refractivity contribution >= 4 is 28.5 Å². The average molecular weight is 277 g/mol. The second kappa shape index (κ2) is 4.63. The van der Waals surface area contributed by atoms with Crippen LogP contribution in [0.4, 0.5) is 14.9 Å². The number of urea groups is 1. The van der Waals surface area contributed by atoms with Gasteiger partial charge in [0.25, 0.3) is 0 Å². The van der Waals surface area contributed by atoms with E-state index in [-0.39, 0.29) is 26.0 Å². The third-order valence-electron chi connectivity index (χ3n) is 3.55. The number of amides is 3. The number of imide groups is 1. The fraction of sp³-hybridized carbons (Fsp3) is 0.286. The monoisotopic (exact) mass is 277 g/mol. The second-order valence-electron chi connectivity index (χ2n) is 4.69. The van der Waals surface area contributed by atoms with Gasteiger partial charge in [-0.1, -0.05) is 0 Å². The van der Waals surface area contributed by atoms with Crippen molar-refractivity contribution in [1.29, 1.82) is 0 Å². The number of hydrogen-bond donors (Lipinski definition) is 1. The van der Waals surface area contributed by atoms with Crippen LogP contribution >= 0.6 is 0 Å².